The van der Waals surface area contributed by atoms with E-state index in [-0.39, 0.29) is 13.1 Å². The highest BCUT2D eigenvalue weighted by molar-refractivity contribution is 5.75. The van der Waals surface area contributed by atoms with Crippen LogP contribution in [0.4, 0.5) is 9.18 Å². The van der Waals surface area contributed by atoms with Crippen LogP contribution in [-0.2, 0) is 9.53 Å². The molecule has 1 aromatic carbocycles. The standard InChI is InChI=1S/C16H20FNO4/c1-16(2,3)22-15(21)18-8-12(13(9-18)14(19)20)10-5-4-6-11(17)7-10/h4-7,12-13H,8-9H2,1-3H3,(H,19,20)/t12-,13+/m0/s1. The highest BCUT2D eigenvalue weighted by atomic mass is 19.1. The zero-order valence-corrected chi connectivity index (χ0v) is 12.9. The Hall–Kier alpha value is -2.11. The number of hydrogen-bond donors (Lipinski definition) is 1. The van der Waals surface area contributed by atoms with Gasteiger partial charge in [-0.25, -0.2) is 9.18 Å². The topological polar surface area (TPSA) is 66.8 Å². The number of halogens is 1. The van der Waals surface area contributed by atoms with Crippen molar-refractivity contribution < 1.29 is 23.8 Å². The van der Waals surface area contributed by atoms with Gasteiger partial charge in [-0.1, -0.05) is 12.1 Å². The van der Waals surface area contributed by atoms with E-state index in [9.17, 15) is 19.1 Å². The van der Waals surface area contributed by atoms with Crippen molar-refractivity contribution in [3.05, 3.63) is 35.6 Å². The largest absolute Gasteiger partial charge is 0.481 e. The molecule has 1 N–H and O–H groups in total. The minimum Gasteiger partial charge on any atom is -0.481 e. The number of carboxylic acids is 1. The second-order valence-corrected chi connectivity index (χ2v) is 6.49. The lowest BCUT2D eigenvalue weighted by molar-refractivity contribution is -0.141. The first kappa shape index (κ1) is 16.3. The summed E-state index contributed by atoms with van der Waals surface area (Å²) < 4.78 is 18.7. The molecule has 1 aliphatic heterocycles. The van der Waals surface area contributed by atoms with E-state index in [0.29, 0.717) is 5.56 Å². The summed E-state index contributed by atoms with van der Waals surface area (Å²) in [4.78, 5) is 24.9. The molecule has 0 spiro atoms. The fourth-order valence-electron chi connectivity index (χ4n) is 2.60. The Bertz CT molecular complexity index is 582. The van der Waals surface area contributed by atoms with Gasteiger partial charge in [0.05, 0.1) is 5.92 Å². The van der Waals surface area contributed by atoms with E-state index in [1.807, 2.05) is 0 Å². The zero-order valence-electron chi connectivity index (χ0n) is 12.9. The van der Waals surface area contributed by atoms with Gasteiger partial charge >= 0.3 is 12.1 Å². The number of benzene rings is 1. The number of carbonyl (C=O) groups is 2. The molecule has 0 aromatic heterocycles. The van der Waals surface area contributed by atoms with Crippen molar-refractivity contribution in [2.75, 3.05) is 13.1 Å². The summed E-state index contributed by atoms with van der Waals surface area (Å²) in [5.74, 6) is -2.63. The van der Waals surface area contributed by atoms with Gasteiger partial charge in [-0.2, -0.15) is 0 Å². The number of likely N-dealkylation sites (tertiary alicyclic amines) is 1. The van der Waals surface area contributed by atoms with Crippen LogP contribution in [0, 0.1) is 11.7 Å². The van der Waals surface area contributed by atoms with Crippen LogP contribution >= 0.6 is 0 Å². The third-order valence-corrected chi connectivity index (χ3v) is 3.57. The molecule has 2 rings (SSSR count). The molecular formula is C16H20FNO4. The second kappa shape index (κ2) is 5.94. The number of aliphatic carboxylic acids is 1. The molecule has 5 nitrogen and oxygen atoms in total. The van der Waals surface area contributed by atoms with E-state index in [4.69, 9.17) is 4.74 Å². The minimum absolute atomic E-state index is 0.0609. The molecule has 0 radical (unpaired) electrons. The summed E-state index contributed by atoms with van der Waals surface area (Å²) in [7, 11) is 0. The van der Waals surface area contributed by atoms with Gasteiger partial charge < -0.3 is 14.7 Å². The smallest absolute Gasteiger partial charge is 0.410 e. The van der Waals surface area contributed by atoms with Gasteiger partial charge in [0, 0.05) is 19.0 Å². The summed E-state index contributed by atoms with van der Waals surface area (Å²) in [6.45, 7) is 5.51. The Kier molecular flexibility index (Phi) is 4.39. The van der Waals surface area contributed by atoms with Crippen molar-refractivity contribution in [1.82, 2.24) is 4.90 Å². The molecule has 6 heteroatoms. The van der Waals surface area contributed by atoms with Crippen LogP contribution in [0.25, 0.3) is 0 Å². The van der Waals surface area contributed by atoms with Crippen molar-refractivity contribution in [3.63, 3.8) is 0 Å². The Morgan fingerprint density at radius 1 is 1.32 bits per heavy atom. The molecule has 1 saturated heterocycles. The van der Waals surface area contributed by atoms with Crippen molar-refractivity contribution in [2.45, 2.75) is 32.3 Å². The number of nitrogens with zero attached hydrogens (tertiary/aromatic N) is 1. The summed E-state index contributed by atoms with van der Waals surface area (Å²) in [6.07, 6.45) is -0.544. The van der Waals surface area contributed by atoms with Gasteiger partial charge in [0.1, 0.15) is 11.4 Å². The van der Waals surface area contributed by atoms with Gasteiger partial charge in [0.2, 0.25) is 0 Å². The first-order chi connectivity index (χ1) is 10.2. The van der Waals surface area contributed by atoms with Crippen LogP contribution in [0.15, 0.2) is 24.3 Å². The fraction of sp³-hybridized carbons (Fsp3) is 0.500. The number of ether oxygens (including phenoxy) is 1. The number of carbonyl (C=O) groups excluding carboxylic acids is 1. The Morgan fingerprint density at radius 3 is 2.55 bits per heavy atom. The first-order valence-electron chi connectivity index (χ1n) is 7.13. The molecule has 2 atom stereocenters. The lowest BCUT2D eigenvalue weighted by Gasteiger charge is -2.24. The highest BCUT2D eigenvalue weighted by Crippen LogP contribution is 2.34. The van der Waals surface area contributed by atoms with Crippen molar-refractivity contribution >= 4 is 12.1 Å². The van der Waals surface area contributed by atoms with Crippen LogP contribution in [0.2, 0.25) is 0 Å². The molecule has 0 aliphatic carbocycles. The summed E-state index contributed by atoms with van der Waals surface area (Å²) in [5.41, 5.74) is -0.0642. The van der Waals surface area contributed by atoms with Crippen LogP contribution in [0.3, 0.4) is 0 Å². The van der Waals surface area contributed by atoms with E-state index in [1.54, 1.807) is 32.9 Å². The molecule has 22 heavy (non-hydrogen) atoms. The van der Waals surface area contributed by atoms with E-state index >= 15 is 0 Å². The highest BCUT2D eigenvalue weighted by Gasteiger charge is 2.41. The molecular weight excluding hydrogens is 289 g/mol. The summed E-state index contributed by atoms with van der Waals surface area (Å²) in [5, 5.41) is 9.37. The second-order valence-electron chi connectivity index (χ2n) is 6.49. The number of amides is 1. The van der Waals surface area contributed by atoms with Crippen LogP contribution < -0.4 is 0 Å². The number of carboxylic acid groups (broad SMARTS) is 1. The maximum Gasteiger partial charge on any atom is 0.410 e. The molecule has 1 heterocycles. The monoisotopic (exact) mass is 309 g/mol. The van der Waals surface area contributed by atoms with Gasteiger partial charge in [-0.05, 0) is 38.5 Å². The average molecular weight is 309 g/mol. The normalized spacial score (nSPS) is 21.7. The maximum absolute atomic E-state index is 13.4. The van der Waals surface area contributed by atoms with E-state index in [1.165, 1.54) is 17.0 Å². The Labute approximate surface area is 128 Å². The maximum atomic E-state index is 13.4. The number of rotatable bonds is 2. The molecule has 1 aromatic rings. The van der Waals surface area contributed by atoms with Crippen LogP contribution in [0.1, 0.15) is 32.3 Å². The summed E-state index contributed by atoms with van der Waals surface area (Å²) in [6, 6.07) is 5.85. The molecule has 0 bridgehead atoms. The van der Waals surface area contributed by atoms with E-state index in [2.05, 4.69) is 0 Å². The zero-order chi connectivity index (χ0) is 16.5. The Balaban J connectivity index is 2.20. The third kappa shape index (κ3) is 3.75. The van der Waals surface area contributed by atoms with Crippen LogP contribution in [0.5, 0.6) is 0 Å². The van der Waals surface area contributed by atoms with E-state index in [0.717, 1.165) is 0 Å². The predicted octanol–water partition coefficient (Wildman–Crippen LogP) is 2.86. The lowest BCUT2D eigenvalue weighted by atomic mass is 9.89. The first-order valence-corrected chi connectivity index (χ1v) is 7.13. The van der Waals surface area contributed by atoms with Crippen molar-refractivity contribution in [3.8, 4) is 0 Å². The minimum atomic E-state index is -1.000. The third-order valence-electron chi connectivity index (χ3n) is 3.57. The quantitative estimate of drug-likeness (QED) is 0.912. The Morgan fingerprint density at radius 2 is 2.00 bits per heavy atom. The van der Waals surface area contributed by atoms with Gasteiger partial charge in [-0.3, -0.25) is 4.79 Å². The number of hydrogen-bond acceptors (Lipinski definition) is 3. The molecule has 120 valence electrons. The lowest BCUT2D eigenvalue weighted by Crippen LogP contribution is -2.35. The van der Waals surface area contributed by atoms with Crippen LogP contribution in [-0.4, -0.2) is 40.8 Å². The molecule has 0 saturated carbocycles. The molecule has 1 fully saturated rings. The molecule has 1 amide bonds. The predicted molar refractivity (Wildman–Crippen MR) is 78.1 cm³/mol. The van der Waals surface area contributed by atoms with Gasteiger partial charge in [0.15, 0.2) is 0 Å². The SMILES string of the molecule is CC(C)(C)OC(=O)N1C[C@@H](C(=O)O)[C@H](c2cccc(F)c2)C1. The summed E-state index contributed by atoms with van der Waals surface area (Å²) >= 11 is 0. The molecule has 0 unspecified atom stereocenters. The molecule has 1 aliphatic rings. The van der Waals surface area contributed by atoms with Gasteiger partial charge in [0.25, 0.3) is 0 Å². The van der Waals surface area contributed by atoms with E-state index < -0.39 is 35.3 Å². The van der Waals surface area contributed by atoms with Crippen molar-refractivity contribution in [2.24, 2.45) is 5.92 Å². The fourth-order valence-corrected chi connectivity index (χ4v) is 2.60. The average Bonchev–Trinajstić information content (AvgIpc) is 2.82. The van der Waals surface area contributed by atoms with Crippen molar-refractivity contribution in [1.29, 1.82) is 0 Å². The van der Waals surface area contributed by atoms with Gasteiger partial charge in [-0.15, -0.1) is 0 Å².